The van der Waals surface area contributed by atoms with E-state index in [2.05, 4.69) is 21.2 Å². The van der Waals surface area contributed by atoms with Gasteiger partial charge in [-0.05, 0) is 24.6 Å². The van der Waals surface area contributed by atoms with Crippen molar-refractivity contribution in [2.24, 2.45) is 0 Å². The topological polar surface area (TPSA) is 68.3 Å². The van der Waals surface area contributed by atoms with Gasteiger partial charge in [-0.25, -0.2) is 0 Å². The summed E-state index contributed by atoms with van der Waals surface area (Å²) in [6.45, 7) is 2.47. The number of halogens is 1. The number of rotatable bonds is 5. The molecule has 2 rings (SSSR count). The molecule has 1 aromatic carbocycles. The summed E-state index contributed by atoms with van der Waals surface area (Å²) in [5.74, 6) is 0.316. The summed E-state index contributed by atoms with van der Waals surface area (Å²) in [7, 11) is 0. The van der Waals surface area contributed by atoms with Crippen molar-refractivity contribution in [2.75, 3.05) is 0 Å². The summed E-state index contributed by atoms with van der Waals surface area (Å²) in [5, 5.41) is 13.8. The van der Waals surface area contributed by atoms with Crippen LogP contribution >= 0.6 is 15.9 Å². The third kappa shape index (κ3) is 3.42. The van der Waals surface area contributed by atoms with E-state index in [1.165, 1.54) is 6.07 Å². The van der Waals surface area contributed by atoms with E-state index in [0.29, 0.717) is 12.3 Å². The van der Waals surface area contributed by atoms with Crippen molar-refractivity contribution < 1.29 is 9.34 Å². The Bertz CT molecular complexity index is 583. The van der Waals surface area contributed by atoms with Crippen LogP contribution in [-0.4, -0.2) is 4.92 Å². The third-order valence-electron chi connectivity index (χ3n) is 2.78. The highest BCUT2D eigenvalue weighted by molar-refractivity contribution is 9.10. The van der Waals surface area contributed by atoms with Gasteiger partial charge in [0.1, 0.15) is 10.7 Å². The average molecular weight is 325 g/mol. The van der Waals surface area contributed by atoms with Gasteiger partial charge < -0.3 is 9.73 Å². The highest BCUT2D eigenvalue weighted by Crippen LogP contribution is 2.23. The molecule has 0 bridgehead atoms. The molecule has 1 unspecified atom stereocenters. The average Bonchev–Trinajstić information content (AvgIpc) is 2.85. The fourth-order valence-corrected chi connectivity index (χ4v) is 2.38. The molecule has 19 heavy (non-hydrogen) atoms. The number of nitro groups is 1. The molecule has 1 aromatic heterocycles. The number of hydrogen-bond acceptors (Lipinski definition) is 4. The Morgan fingerprint density at radius 3 is 2.74 bits per heavy atom. The summed E-state index contributed by atoms with van der Waals surface area (Å²) < 4.78 is 6.12. The van der Waals surface area contributed by atoms with E-state index in [4.69, 9.17) is 4.42 Å². The Kier molecular flexibility index (Phi) is 4.34. The minimum atomic E-state index is -0.541. The maximum absolute atomic E-state index is 10.5. The Hall–Kier alpha value is -1.66. The van der Waals surface area contributed by atoms with Gasteiger partial charge in [-0.3, -0.25) is 10.1 Å². The lowest BCUT2D eigenvalue weighted by Crippen LogP contribution is -2.18. The summed E-state index contributed by atoms with van der Waals surface area (Å²) >= 11 is 3.49. The normalized spacial score (nSPS) is 12.3. The Labute approximate surface area is 118 Å². The van der Waals surface area contributed by atoms with E-state index in [9.17, 15) is 10.1 Å². The van der Waals surface area contributed by atoms with Gasteiger partial charge in [0, 0.05) is 10.5 Å². The largest absolute Gasteiger partial charge is 0.433 e. The second-order valence-corrected chi connectivity index (χ2v) is 4.98. The summed E-state index contributed by atoms with van der Waals surface area (Å²) in [6, 6.07) is 11.0. The zero-order valence-electron chi connectivity index (χ0n) is 10.3. The van der Waals surface area contributed by atoms with Crippen LogP contribution in [0.4, 0.5) is 5.88 Å². The van der Waals surface area contributed by atoms with Crippen LogP contribution in [0.2, 0.25) is 0 Å². The maximum atomic E-state index is 10.5. The smallest absolute Gasteiger partial charge is 0.404 e. The lowest BCUT2D eigenvalue weighted by Gasteiger charge is -2.14. The number of nitrogens with one attached hydrogen (secondary N) is 1. The van der Waals surface area contributed by atoms with Crippen LogP contribution in [0, 0.1) is 10.1 Å². The van der Waals surface area contributed by atoms with Gasteiger partial charge >= 0.3 is 5.88 Å². The molecule has 0 aliphatic rings. The van der Waals surface area contributed by atoms with Crippen molar-refractivity contribution in [1.29, 1.82) is 0 Å². The van der Waals surface area contributed by atoms with E-state index in [-0.39, 0.29) is 11.9 Å². The van der Waals surface area contributed by atoms with Gasteiger partial charge in [0.05, 0.1) is 12.6 Å². The monoisotopic (exact) mass is 324 g/mol. The minimum Gasteiger partial charge on any atom is -0.404 e. The molecule has 6 heteroatoms. The van der Waals surface area contributed by atoms with E-state index in [0.717, 1.165) is 10.0 Å². The molecular weight excluding hydrogens is 312 g/mol. The van der Waals surface area contributed by atoms with E-state index in [1.807, 2.05) is 31.2 Å². The Morgan fingerprint density at radius 2 is 2.11 bits per heavy atom. The molecule has 0 radical (unpaired) electrons. The molecule has 0 aliphatic heterocycles. The molecule has 0 aliphatic carbocycles. The zero-order valence-corrected chi connectivity index (χ0v) is 11.9. The molecule has 0 amide bonds. The van der Waals surface area contributed by atoms with Gasteiger partial charge in [0.25, 0.3) is 0 Å². The van der Waals surface area contributed by atoms with Crippen LogP contribution < -0.4 is 5.32 Å². The zero-order chi connectivity index (χ0) is 13.8. The van der Waals surface area contributed by atoms with Crippen molar-refractivity contribution in [1.82, 2.24) is 5.32 Å². The van der Waals surface area contributed by atoms with E-state index in [1.54, 1.807) is 6.07 Å². The fraction of sp³-hybridized carbons (Fsp3) is 0.231. The summed E-state index contributed by atoms with van der Waals surface area (Å²) in [4.78, 5) is 9.96. The standard InChI is InChI=1S/C13H13BrN2O3/c1-9(11-4-2-3-5-12(11)14)15-8-10-6-7-13(19-10)16(17)18/h2-7,9,15H,8H2,1H3. The van der Waals surface area contributed by atoms with Crippen LogP contribution in [0.5, 0.6) is 0 Å². The third-order valence-corrected chi connectivity index (χ3v) is 3.50. The van der Waals surface area contributed by atoms with Crippen molar-refractivity contribution in [3.63, 3.8) is 0 Å². The predicted octanol–water partition coefficient (Wildman–Crippen LogP) is 3.80. The van der Waals surface area contributed by atoms with Gasteiger partial charge in [-0.1, -0.05) is 34.1 Å². The highest BCUT2D eigenvalue weighted by atomic mass is 79.9. The van der Waals surface area contributed by atoms with Crippen molar-refractivity contribution in [3.05, 3.63) is 62.3 Å². The Morgan fingerprint density at radius 1 is 1.37 bits per heavy atom. The van der Waals surface area contributed by atoms with Gasteiger partial charge in [-0.2, -0.15) is 0 Å². The molecule has 0 saturated heterocycles. The van der Waals surface area contributed by atoms with Crippen LogP contribution in [0.15, 0.2) is 45.3 Å². The van der Waals surface area contributed by atoms with Crippen LogP contribution in [-0.2, 0) is 6.54 Å². The SMILES string of the molecule is CC(NCc1ccc([N+](=O)[O-])o1)c1ccccc1Br. The molecule has 1 atom stereocenters. The van der Waals surface area contributed by atoms with Gasteiger partial charge in [0.15, 0.2) is 0 Å². The van der Waals surface area contributed by atoms with Crippen molar-refractivity contribution >= 4 is 21.8 Å². The molecule has 100 valence electrons. The van der Waals surface area contributed by atoms with Crippen molar-refractivity contribution in [2.45, 2.75) is 19.5 Å². The predicted molar refractivity (Wildman–Crippen MR) is 74.8 cm³/mol. The molecule has 1 heterocycles. The van der Waals surface area contributed by atoms with E-state index < -0.39 is 4.92 Å². The molecule has 0 spiro atoms. The first kappa shape index (κ1) is 13.8. The first-order valence-electron chi connectivity index (χ1n) is 5.79. The quantitative estimate of drug-likeness (QED) is 0.670. The first-order valence-corrected chi connectivity index (χ1v) is 6.58. The van der Waals surface area contributed by atoms with Crippen LogP contribution in [0.25, 0.3) is 0 Å². The molecule has 2 aromatic rings. The summed E-state index contributed by atoms with van der Waals surface area (Å²) in [6.07, 6.45) is 0. The lowest BCUT2D eigenvalue weighted by molar-refractivity contribution is -0.402. The van der Waals surface area contributed by atoms with Crippen LogP contribution in [0.3, 0.4) is 0 Å². The second kappa shape index (κ2) is 5.99. The first-order chi connectivity index (χ1) is 9.08. The molecule has 5 nitrogen and oxygen atoms in total. The highest BCUT2D eigenvalue weighted by Gasteiger charge is 2.13. The fourth-order valence-electron chi connectivity index (χ4n) is 1.75. The van der Waals surface area contributed by atoms with Gasteiger partial charge in [0.2, 0.25) is 0 Å². The molecule has 0 saturated carbocycles. The van der Waals surface area contributed by atoms with Gasteiger partial charge in [-0.15, -0.1) is 0 Å². The number of nitrogens with zero attached hydrogens (tertiary/aromatic N) is 1. The Balaban J connectivity index is 1.98. The lowest BCUT2D eigenvalue weighted by atomic mass is 10.1. The molecule has 1 N–H and O–H groups in total. The minimum absolute atomic E-state index is 0.111. The maximum Gasteiger partial charge on any atom is 0.433 e. The molecular formula is C13H13BrN2O3. The summed E-state index contributed by atoms with van der Waals surface area (Å²) in [5.41, 5.74) is 1.13. The number of furan rings is 1. The second-order valence-electron chi connectivity index (χ2n) is 4.12. The van der Waals surface area contributed by atoms with Crippen molar-refractivity contribution in [3.8, 4) is 0 Å². The molecule has 0 fully saturated rings. The van der Waals surface area contributed by atoms with Crippen LogP contribution in [0.1, 0.15) is 24.3 Å². The number of benzene rings is 1. The van der Waals surface area contributed by atoms with E-state index >= 15 is 0 Å². The number of hydrogen-bond donors (Lipinski definition) is 1.